The molecule has 1 aromatic heterocycles. The minimum Gasteiger partial charge on any atom is -0.459 e. The maximum absolute atomic E-state index is 12.8. The lowest BCUT2D eigenvalue weighted by Crippen LogP contribution is -2.52. The van der Waals surface area contributed by atoms with Gasteiger partial charge in [0.05, 0.1) is 6.26 Å². The highest BCUT2D eigenvalue weighted by Crippen LogP contribution is 2.20. The average molecular weight is 327 g/mol. The molecule has 2 aromatic rings. The van der Waals surface area contributed by atoms with Crippen molar-refractivity contribution >= 4 is 17.5 Å². The van der Waals surface area contributed by atoms with Gasteiger partial charge in [-0.25, -0.2) is 0 Å². The molecule has 24 heavy (non-hydrogen) atoms. The third kappa shape index (κ3) is 3.33. The van der Waals surface area contributed by atoms with Crippen molar-refractivity contribution in [1.29, 1.82) is 0 Å². The highest BCUT2D eigenvalue weighted by molar-refractivity contribution is 6.04. The van der Waals surface area contributed by atoms with Gasteiger partial charge in [-0.05, 0) is 43.7 Å². The molecule has 1 fully saturated rings. The summed E-state index contributed by atoms with van der Waals surface area (Å²) in [5.74, 6) is -0.109. The molecule has 1 aliphatic rings. The first-order valence-corrected chi connectivity index (χ1v) is 8.03. The SMILES string of the molecule is Cc1ccc(C(=O)N2CCNC[C@H]2C)cc1NC(=O)c1ccco1. The smallest absolute Gasteiger partial charge is 0.291 e. The van der Waals surface area contributed by atoms with Crippen LogP contribution in [0.2, 0.25) is 0 Å². The van der Waals surface area contributed by atoms with Gasteiger partial charge in [-0.3, -0.25) is 9.59 Å². The van der Waals surface area contributed by atoms with Gasteiger partial charge in [-0.2, -0.15) is 0 Å². The van der Waals surface area contributed by atoms with Crippen LogP contribution in [0.3, 0.4) is 0 Å². The Hall–Kier alpha value is -2.60. The van der Waals surface area contributed by atoms with Crippen LogP contribution in [0.5, 0.6) is 0 Å². The Morgan fingerprint density at radius 2 is 2.17 bits per heavy atom. The summed E-state index contributed by atoms with van der Waals surface area (Å²) in [6.45, 7) is 6.18. The van der Waals surface area contributed by atoms with E-state index in [4.69, 9.17) is 4.42 Å². The lowest BCUT2D eigenvalue weighted by molar-refractivity contribution is 0.0655. The van der Waals surface area contributed by atoms with E-state index >= 15 is 0 Å². The molecule has 1 aromatic carbocycles. The number of benzene rings is 1. The van der Waals surface area contributed by atoms with Gasteiger partial charge in [0.15, 0.2) is 5.76 Å². The van der Waals surface area contributed by atoms with Crippen molar-refractivity contribution in [2.24, 2.45) is 0 Å². The summed E-state index contributed by atoms with van der Waals surface area (Å²) < 4.78 is 5.10. The number of amides is 2. The van der Waals surface area contributed by atoms with Crippen molar-refractivity contribution in [2.45, 2.75) is 19.9 Å². The molecular weight excluding hydrogens is 306 g/mol. The molecule has 1 atom stereocenters. The zero-order valence-electron chi connectivity index (χ0n) is 13.8. The molecular formula is C18H21N3O3. The van der Waals surface area contributed by atoms with E-state index in [2.05, 4.69) is 10.6 Å². The number of nitrogens with zero attached hydrogens (tertiary/aromatic N) is 1. The van der Waals surface area contributed by atoms with Crippen LogP contribution in [0.25, 0.3) is 0 Å². The minimum atomic E-state index is -0.330. The van der Waals surface area contributed by atoms with Crippen LogP contribution in [0, 0.1) is 6.92 Å². The summed E-state index contributed by atoms with van der Waals surface area (Å²) >= 11 is 0. The number of nitrogens with one attached hydrogen (secondary N) is 2. The van der Waals surface area contributed by atoms with Crippen LogP contribution >= 0.6 is 0 Å². The second kappa shape index (κ2) is 6.88. The van der Waals surface area contributed by atoms with Gasteiger partial charge in [0.25, 0.3) is 11.8 Å². The fraction of sp³-hybridized carbons (Fsp3) is 0.333. The lowest BCUT2D eigenvalue weighted by Gasteiger charge is -2.34. The number of carbonyl (C=O) groups is 2. The number of furan rings is 1. The Bertz CT molecular complexity index is 740. The number of hydrogen-bond donors (Lipinski definition) is 2. The molecule has 0 spiro atoms. The number of aryl methyl sites for hydroxylation is 1. The maximum Gasteiger partial charge on any atom is 0.291 e. The zero-order valence-corrected chi connectivity index (χ0v) is 13.8. The molecule has 2 heterocycles. The molecule has 0 radical (unpaired) electrons. The van der Waals surface area contributed by atoms with E-state index in [1.54, 1.807) is 24.3 Å². The highest BCUT2D eigenvalue weighted by Gasteiger charge is 2.24. The molecule has 2 N–H and O–H groups in total. The number of piperazine rings is 1. The monoisotopic (exact) mass is 327 g/mol. The third-order valence-corrected chi connectivity index (χ3v) is 4.24. The first kappa shape index (κ1) is 16.3. The van der Waals surface area contributed by atoms with Crippen molar-refractivity contribution in [2.75, 3.05) is 25.0 Å². The quantitative estimate of drug-likeness (QED) is 0.907. The molecule has 1 aliphatic heterocycles. The van der Waals surface area contributed by atoms with E-state index in [0.717, 1.165) is 18.7 Å². The third-order valence-electron chi connectivity index (χ3n) is 4.24. The molecule has 0 saturated carbocycles. The van der Waals surface area contributed by atoms with Gasteiger partial charge in [-0.1, -0.05) is 6.07 Å². The van der Waals surface area contributed by atoms with Crippen molar-refractivity contribution < 1.29 is 14.0 Å². The number of hydrogen-bond acceptors (Lipinski definition) is 4. The second-order valence-electron chi connectivity index (χ2n) is 6.01. The molecule has 6 heteroatoms. The van der Waals surface area contributed by atoms with E-state index in [1.807, 2.05) is 24.8 Å². The van der Waals surface area contributed by atoms with Crippen LogP contribution in [-0.2, 0) is 0 Å². The van der Waals surface area contributed by atoms with Crippen LogP contribution in [0.1, 0.15) is 33.4 Å². The fourth-order valence-electron chi connectivity index (χ4n) is 2.79. The van der Waals surface area contributed by atoms with Crippen LogP contribution < -0.4 is 10.6 Å². The van der Waals surface area contributed by atoms with Crippen molar-refractivity contribution in [3.63, 3.8) is 0 Å². The van der Waals surface area contributed by atoms with Crippen molar-refractivity contribution in [3.8, 4) is 0 Å². The van der Waals surface area contributed by atoms with Crippen LogP contribution in [0.15, 0.2) is 41.0 Å². The molecule has 2 amide bonds. The van der Waals surface area contributed by atoms with Crippen LogP contribution in [0.4, 0.5) is 5.69 Å². The second-order valence-corrected chi connectivity index (χ2v) is 6.01. The first-order chi connectivity index (χ1) is 11.6. The Morgan fingerprint density at radius 3 is 2.88 bits per heavy atom. The summed E-state index contributed by atoms with van der Waals surface area (Å²) in [6, 6.07) is 8.78. The summed E-state index contributed by atoms with van der Waals surface area (Å²) in [5.41, 5.74) is 2.08. The Morgan fingerprint density at radius 1 is 1.33 bits per heavy atom. The highest BCUT2D eigenvalue weighted by atomic mass is 16.3. The maximum atomic E-state index is 12.8. The van der Waals surface area contributed by atoms with Gasteiger partial charge in [0.2, 0.25) is 0 Å². The minimum absolute atomic E-state index is 0.0162. The lowest BCUT2D eigenvalue weighted by atomic mass is 10.1. The zero-order chi connectivity index (χ0) is 17.1. The Labute approximate surface area is 140 Å². The van der Waals surface area contributed by atoms with Crippen LogP contribution in [-0.4, -0.2) is 42.4 Å². The number of carbonyl (C=O) groups excluding carboxylic acids is 2. The van der Waals surface area contributed by atoms with E-state index < -0.39 is 0 Å². The average Bonchev–Trinajstić information content (AvgIpc) is 3.11. The largest absolute Gasteiger partial charge is 0.459 e. The molecule has 1 saturated heterocycles. The predicted octanol–water partition coefficient (Wildman–Crippen LogP) is 2.27. The number of anilines is 1. The molecule has 0 bridgehead atoms. The van der Waals surface area contributed by atoms with E-state index in [0.29, 0.717) is 17.8 Å². The van der Waals surface area contributed by atoms with Gasteiger partial charge in [0, 0.05) is 36.9 Å². The Kier molecular flexibility index (Phi) is 4.66. The van der Waals surface area contributed by atoms with E-state index in [-0.39, 0.29) is 23.6 Å². The standard InChI is InChI=1S/C18H21N3O3/c1-12-5-6-14(18(23)21-8-7-19-11-13(21)2)10-15(12)20-17(22)16-4-3-9-24-16/h3-6,9-10,13,19H,7-8,11H2,1-2H3,(H,20,22)/t13-/m1/s1. The Balaban J connectivity index is 1.80. The molecule has 3 rings (SSSR count). The van der Waals surface area contributed by atoms with Crippen molar-refractivity contribution in [3.05, 3.63) is 53.5 Å². The van der Waals surface area contributed by atoms with Gasteiger partial charge in [0.1, 0.15) is 0 Å². The van der Waals surface area contributed by atoms with Crippen molar-refractivity contribution in [1.82, 2.24) is 10.2 Å². The summed E-state index contributed by atoms with van der Waals surface area (Å²) in [4.78, 5) is 26.8. The van der Waals surface area contributed by atoms with Gasteiger partial charge >= 0.3 is 0 Å². The molecule has 0 aliphatic carbocycles. The fourth-order valence-corrected chi connectivity index (χ4v) is 2.79. The molecule has 126 valence electrons. The molecule has 0 unspecified atom stereocenters. The molecule has 6 nitrogen and oxygen atoms in total. The predicted molar refractivity (Wildman–Crippen MR) is 91.2 cm³/mol. The summed E-state index contributed by atoms with van der Waals surface area (Å²) in [6.07, 6.45) is 1.45. The first-order valence-electron chi connectivity index (χ1n) is 8.03. The van der Waals surface area contributed by atoms with Gasteiger partial charge in [-0.15, -0.1) is 0 Å². The summed E-state index contributed by atoms with van der Waals surface area (Å²) in [7, 11) is 0. The van der Waals surface area contributed by atoms with Gasteiger partial charge < -0.3 is 20.0 Å². The normalized spacial score (nSPS) is 17.6. The summed E-state index contributed by atoms with van der Waals surface area (Å²) in [5, 5.41) is 6.08. The van der Waals surface area contributed by atoms with E-state index in [1.165, 1.54) is 6.26 Å². The van der Waals surface area contributed by atoms with E-state index in [9.17, 15) is 9.59 Å². The number of rotatable bonds is 3. The topological polar surface area (TPSA) is 74.6 Å².